The number of rotatable bonds is 5. The third-order valence-corrected chi connectivity index (χ3v) is 14.1. The van der Waals surface area contributed by atoms with Gasteiger partial charge in [0.2, 0.25) is 5.95 Å². The van der Waals surface area contributed by atoms with Crippen LogP contribution in [-0.2, 0) is 0 Å². The summed E-state index contributed by atoms with van der Waals surface area (Å²) >= 11 is 0. The third-order valence-electron chi connectivity index (χ3n) is 14.1. The van der Waals surface area contributed by atoms with E-state index in [0.717, 1.165) is 55.2 Å². The van der Waals surface area contributed by atoms with Crippen molar-refractivity contribution in [2.24, 2.45) is 11.5 Å². The molecule has 8 nitrogen and oxygen atoms in total. The van der Waals surface area contributed by atoms with Crippen molar-refractivity contribution in [2.75, 3.05) is 13.1 Å². The van der Waals surface area contributed by atoms with Crippen LogP contribution in [0.25, 0.3) is 105 Å². The molecule has 8 aromatic carbocycles. The maximum atomic E-state index is 6.52. The molecule has 63 heavy (non-hydrogen) atoms. The maximum Gasteiger partial charge on any atom is 0.237 e. The fraction of sp³-hybridized carbons (Fsp3) is 0.0727. The van der Waals surface area contributed by atoms with Crippen LogP contribution in [-0.4, -0.2) is 41.7 Å². The molecule has 12 aromatic rings. The van der Waals surface area contributed by atoms with Gasteiger partial charge in [-0.15, -0.1) is 0 Å². The molecule has 0 spiro atoms. The fourth-order valence-corrected chi connectivity index (χ4v) is 11.4. The second-order valence-corrected chi connectivity index (χ2v) is 17.0. The Morgan fingerprint density at radius 3 is 1.29 bits per heavy atom. The SMILES string of the molecule is NCC1c2ccccc2-c2cc3c4ccccc4n(-c4ccc5c6ccc(-n7c8ccccc8c8cc9c(cc87)C(CN)c7ccccc7-9)cc6n(-c6ncncn6)c5c4)c3cc21. The zero-order valence-corrected chi connectivity index (χ0v) is 34.1. The molecule has 4 aromatic heterocycles. The first-order chi connectivity index (χ1) is 31.2. The first kappa shape index (κ1) is 34.8. The Morgan fingerprint density at radius 2 is 0.794 bits per heavy atom. The van der Waals surface area contributed by atoms with Gasteiger partial charge in [-0.05, 0) is 105 Å². The molecule has 0 saturated heterocycles. The van der Waals surface area contributed by atoms with E-state index in [4.69, 9.17) is 21.4 Å². The van der Waals surface area contributed by atoms with Crippen LogP contribution in [0.4, 0.5) is 0 Å². The van der Waals surface area contributed by atoms with Crippen molar-refractivity contribution < 1.29 is 0 Å². The van der Waals surface area contributed by atoms with Gasteiger partial charge in [0.25, 0.3) is 0 Å². The molecule has 2 aliphatic rings. The van der Waals surface area contributed by atoms with Gasteiger partial charge in [-0.25, -0.2) is 15.0 Å². The number of benzene rings is 8. The second-order valence-electron chi connectivity index (χ2n) is 17.0. The fourth-order valence-electron chi connectivity index (χ4n) is 11.4. The van der Waals surface area contributed by atoms with Crippen LogP contribution < -0.4 is 11.5 Å². The smallest absolute Gasteiger partial charge is 0.237 e. The van der Waals surface area contributed by atoms with Gasteiger partial charge in [0.05, 0.1) is 33.1 Å². The van der Waals surface area contributed by atoms with E-state index in [1.54, 1.807) is 12.7 Å². The summed E-state index contributed by atoms with van der Waals surface area (Å²) in [5.41, 5.74) is 32.0. The summed E-state index contributed by atoms with van der Waals surface area (Å²) in [5.74, 6) is 0.847. The predicted molar refractivity (Wildman–Crippen MR) is 256 cm³/mol. The molecular formula is C55H38N8. The highest BCUT2D eigenvalue weighted by Gasteiger charge is 2.31. The quantitative estimate of drug-likeness (QED) is 0.180. The minimum Gasteiger partial charge on any atom is -0.330 e. The van der Waals surface area contributed by atoms with Crippen molar-refractivity contribution in [3.63, 3.8) is 0 Å². The molecule has 8 heteroatoms. The number of para-hydroxylation sites is 2. The Kier molecular flexibility index (Phi) is 7.07. The normalized spacial score (nSPS) is 15.3. The van der Waals surface area contributed by atoms with Crippen LogP contribution in [0.15, 0.2) is 170 Å². The van der Waals surface area contributed by atoms with E-state index in [1.807, 2.05) is 0 Å². The highest BCUT2D eigenvalue weighted by molar-refractivity contribution is 6.15. The van der Waals surface area contributed by atoms with Gasteiger partial charge in [-0.2, -0.15) is 0 Å². The van der Waals surface area contributed by atoms with Gasteiger partial charge in [-0.1, -0.05) is 97.1 Å². The van der Waals surface area contributed by atoms with E-state index in [0.29, 0.717) is 19.0 Å². The Balaban J connectivity index is 1.01. The van der Waals surface area contributed by atoms with Crippen LogP contribution in [0.5, 0.6) is 0 Å². The Morgan fingerprint density at radius 1 is 0.365 bits per heavy atom. The van der Waals surface area contributed by atoms with Gasteiger partial charge in [0.15, 0.2) is 0 Å². The molecule has 4 N–H and O–H groups in total. The standard InChI is InChI=1S/C55H38N8/c56-27-47-35-11-3-1-9-33(35)41-23-45-37-13-5-7-15-49(37)61(53(45)25-43(41)47)31-17-19-39-40-20-18-32(22-52(40)63(51(39)21-31)55-59-29-58-30-60-55)62-50-16-8-6-14-38(50)46-24-42-34-10-2-4-12-36(34)48(28-57)44(42)26-54(46)62/h1-26,29-30,47-48H,27-28,56-57H2. The lowest BCUT2D eigenvalue weighted by Crippen LogP contribution is -2.11. The number of fused-ring (bicyclic) bond motifs is 15. The minimum atomic E-state index is 0.143. The highest BCUT2D eigenvalue weighted by atomic mass is 15.2. The van der Waals surface area contributed by atoms with Crippen molar-refractivity contribution in [3.8, 4) is 39.6 Å². The molecule has 0 fully saturated rings. The first-order valence-electron chi connectivity index (χ1n) is 21.6. The van der Waals surface area contributed by atoms with Gasteiger partial charge in [-0.3, -0.25) is 4.57 Å². The lowest BCUT2D eigenvalue weighted by Gasteiger charge is -2.13. The Bertz CT molecular complexity index is 3680. The van der Waals surface area contributed by atoms with Crippen molar-refractivity contribution in [1.29, 1.82) is 0 Å². The molecule has 0 amide bonds. The second kappa shape index (κ2) is 12.8. The van der Waals surface area contributed by atoms with E-state index in [1.165, 1.54) is 66.1 Å². The van der Waals surface area contributed by atoms with E-state index in [9.17, 15) is 0 Å². The molecule has 0 bridgehead atoms. The van der Waals surface area contributed by atoms with Gasteiger partial charge >= 0.3 is 0 Å². The van der Waals surface area contributed by atoms with Crippen molar-refractivity contribution in [3.05, 3.63) is 193 Å². The Hall–Kier alpha value is -7.91. The summed E-state index contributed by atoms with van der Waals surface area (Å²) in [7, 11) is 0. The molecule has 2 atom stereocenters. The van der Waals surface area contributed by atoms with Gasteiger partial charge < -0.3 is 20.6 Å². The topological polar surface area (TPSA) is 105 Å². The molecule has 14 rings (SSSR count). The summed E-state index contributed by atoms with van der Waals surface area (Å²) in [6.45, 7) is 1.10. The number of nitrogens with zero attached hydrogens (tertiary/aromatic N) is 6. The van der Waals surface area contributed by atoms with Crippen LogP contribution in [0.1, 0.15) is 34.1 Å². The van der Waals surface area contributed by atoms with Gasteiger partial charge in [0, 0.05) is 68.6 Å². The Labute approximate surface area is 361 Å². The molecule has 0 saturated carbocycles. The zero-order valence-electron chi connectivity index (χ0n) is 34.1. The van der Waals surface area contributed by atoms with E-state index in [2.05, 4.69) is 176 Å². The van der Waals surface area contributed by atoms with Crippen molar-refractivity contribution >= 4 is 65.4 Å². The lowest BCUT2D eigenvalue weighted by molar-refractivity contribution is 0.841. The molecule has 298 valence electrons. The van der Waals surface area contributed by atoms with E-state index >= 15 is 0 Å². The molecule has 0 aliphatic heterocycles. The van der Waals surface area contributed by atoms with Crippen molar-refractivity contribution in [2.45, 2.75) is 11.8 Å². The number of aromatic nitrogens is 6. The van der Waals surface area contributed by atoms with Gasteiger partial charge in [0.1, 0.15) is 12.7 Å². The van der Waals surface area contributed by atoms with Crippen LogP contribution in [0.2, 0.25) is 0 Å². The largest absolute Gasteiger partial charge is 0.330 e. The molecule has 0 radical (unpaired) electrons. The summed E-state index contributed by atoms with van der Waals surface area (Å²) in [4.78, 5) is 13.7. The summed E-state index contributed by atoms with van der Waals surface area (Å²) in [6.07, 6.45) is 3.15. The number of hydrogen-bond acceptors (Lipinski definition) is 5. The molecule has 2 aliphatic carbocycles. The van der Waals surface area contributed by atoms with Crippen LogP contribution in [0, 0.1) is 0 Å². The highest BCUT2D eigenvalue weighted by Crippen LogP contribution is 2.50. The maximum absolute atomic E-state index is 6.52. The van der Waals surface area contributed by atoms with E-state index in [-0.39, 0.29) is 11.8 Å². The average molecular weight is 811 g/mol. The summed E-state index contributed by atoms with van der Waals surface area (Å²) < 4.78 is 7.01. The lowest BCUT2D eigenvalue weighted by atomic mass is 9.96. The predicted octanol–water partition coefficient (Wildman–Crippen LogP) is 11.3. The van der Waals surface area contributed by atoms with E-state index < -0.39 is 0 Å². The number of nitrogens with two attached hydrogens (primary N) is 2. The molecule has 2 unspecified atom stereocenters. The van der Waals surface area contributed by atoms with Crippen LogP contribution >= 0.6 is 0 Å². The van der Waals surface area contributed by atoms with Crippen molar-refractivity contribution in [1.82, 2.24) is 28.7 Å². The average Bonchev–Trinajstić information content (AvgIpc) is 4.11. The minimum absolute atomic E-state index is 0.143. The molecular weight excluding hydrogens is 773 g/mol. The monoisotopic (exact) mass is 810 g/mol. The molecule has 4 heterocycles. The summed E-state index contributed by atoms with van der Waals surface area (Å²) in [5, 5.41) is 7.10. The first-order valence-corrected chi connectivity index (χ1v) is 21.6. The number of hydrogen-bond donors (Lipinski definition) is 2. The summed E-state index contributed by atoms with van der Waals surface area (Å²) in [6, 6.07) is 58.0. The third kappa shape index (κ3) is 4.63. The zero-order chi connectivity index (χ0) is 41.5. The van der Waals surface area contributed by atoms with Crippen LogP contribution in [0.3, 0.4) is 0 Å².